The molecule has 0 fully saturated rings. The van der Waals surface area contributed by atoms with Gasteiger partial charge in [-0.05, 0) is 26.8 Å². The lowest BCUT2D eigenvalue weighted by Gasteiger charge is -2.29. The Morgan fingerprint density at radius 3 is 2.50 bits per heavy atom. The topological polar surface area (TPSA) is 103 Å². The van der Waals surface area contributed by atoms with Gasteiger partial charge in [0.1, 0.15) is 5.75 Å². The summed E-state index contributed by atoms with van der Waals surface area (Å²) in [6.07, 6.45) is 0. The maximum absolute atomic E-state index is 12.4. The van der Waals surface area contributed by atoms with Gasteiger partial charge in [0.15, 0.2) is 6.61 Å². The SMILES string of the molecule is CCOC(=O)COc1ccccc1C1NC(=O)NC(C)=C1C(=O)OCC. The van der Waals surface area contributed by atoms with Crippen molar-refractivity contribution in [1.82, 2.24) is 10.6 Å². The number of ether oxygens (including phenoxy) is 3. The largest absolute Gasteiger partial charge is 0.482 e. The van der Waals surface area contributed by atoms with Crippen LogP contribution in [0.1, 0.15) is 32.4 Å². The standard InChI is InChI=1S/C18H22N2O6/c1-4-24-14(21)10-26-13-9-7-6-8-12(13)16-15(17(22)25-5-2)11(3)19-18(23)20-16/h6-9,16H,4-5,10H2,1-3H3,(H2,19,20,23). The molecule has 2 amide bonds. The first-order chi connectivity index (χ1) is 12.5. The van der Waals surface area contributed by atoms with Gasteiger partial charge in [0.05, 0.1) is 24.8 Å². The summed E-state index contributed by atoms with van der Waals surface area (Å²) in [6, 6.07) is 5.64. The third kappa shape index (κ3) is 4.53. The van der Waals surface area contributed by atoms with Crippen LogP contribution in [0, 0.1) is 0 Å². The van der Waals surface area contributed by atoms with Crippen LogP contribution in [0.25, 0.3) is 0 Å². The monoisotopic (exact) mass is 362 g/mol. The number of allylic oxidation sites excluding steroid dienone is 1. The van der Waals surface area contributed by atoms with Crippen molar-refractivity contribution in [3.8, 4) is 5.75 Å². The lowest BCUT2D eigenvalue weighted by atomic mass is 9.95. The van der Waals surface area contributed by atoms with E-state index < -0.39 is 24.0 Å². The number of para-hydroxylation sites is 1. The second kappa shape index (κ2) is 8.89. The Labute approximate surface area is 151 Å². The molecule has 1 aliphatic heterocycles. The minimum atomic E-state index is -0.763. The van der Waals surface area contributed by atoms with Gasteiger partial charge in [0.25, 0.3) is 0 Å². The second-order valence-electron chi connectivity index (χ2n) is 5.42. The van der Waals surface area contributed by atoms with Crippen LogP contribution in [0.3, 0.4) is 0 Å². The zero-order valence-electron chi connectivity index (χ0n) is 15.0. The van der Waals surface area contributed by atoms with Crippen molar-refractivity contribution in [1.29, 1.82) is 0 Å². The average Bonchev–Trinajstić information content (AvgIpc) is 2.60. The molecular formula is C18H22N2O6. The van der Waals surface area contributed by atoms with Crippen LogP contribution < -0.4 is 15.4 Å². The van der Waals surface area contributed by atoms with Crippen LogP contribution in [0.5, 0.6) is 5.75 Å². The lowest BCUT2D eigenvalue weighted by Crippen LogP contribution is -2.45. The Kier molecular flexibility index (Phi) is 6.60. The van der Waals surface area contributed by atoms with E-state index in [0.29, 0.717) is 17.0 Å². The van der Waals surface area contributed by atoms with Gasteiger partial charge in [-0.1, -0.05) is 18.2 Å². The van der Waals surface area contributed by atoms with Gasteiger partial charge in [-0.2, -0.15) is 0 Å². The van der Waals surface area contributed by atoms with E-state index >= 15 is 0 Å². The molecule has 0 spiro atoms. The van der Waals surface area contributed by atoms with Crippen LogP contribution >= 0.6 is 0 Å². The number of amides is 2. The van der Waals surface area contributed by atoms with Gasteiger partial charge < -0.3 is 24.8 Å². The zero-order chi connectivity index (χ0) is 19.1. The maximum Gasteiger partial charge on any atom is 0.344 e. The van der Waals surface area contributed by atoms with Crippen molar-refractivity contribution < 1.29 is 28.6 Å². The van der Waals surface area contributed by atoms with Gasteiger partial charge in [-0.3, -0.25) is 0 Å². The average molecular weight is 362 g/mol. The molecule has 0 aliphatic carbocycles. The molecule has 1 atom stereocenters. The number of hydrogen-bond donors (Lipinski definition) is 2. The normalized spacial score (nSPS) is 16.4. The minimum absolute atomic E-state index is 0.206. The van der Waals surface area contributed by atoms with Crippen molar-refractivity contribution in [2.45, 2.75) is 26.8 Å². The van der Waals surface area contributed by atoms with Crippen LogP contribution in [-0.2, 0) is 19.1 Å². The van der Waals surface area contributed by atoms with E-state index in [2.05, 4.69) is 10.6 Å². The molecule has 1 heterocycles. The Hall–Kier alpha value is -3.03. The van der Waals surface area contributed by atoms with E-state index in [1.807, 2.05) is 0 Å². The van der Waals surface area contributed by atoms with Gasteiger partial charge in [-0.25, -0.2) is 14.4 Å². The molecule has 0 aromatic heterocycles. The summed E-state index contributed by atoms with van der Waals surface area (Å²) in [5, 5.41) is 5.27. The van der Waals surface area contributed by atoms with Crippen LogP contribution in [0.2, 0.25) is 0 Å². The summed E-state index contributed by atoms with van der Waals surface area (Å²) in [5.74, 6) is -0.681. The molecule has 2 N–H and O–H groups in total. The molecule has 0 bridgehead atoms. The molecule has 1 aromatic rings. The predicted octanol–water partition coefficient (Wildman–Crippen LogP) is 1.82. The molecule has 140 valence electrons. The fourth-order valence-electron chi connectivity index (χ4n) is 2.60. The lowest BCUT2D eigenvalue weighted by molar-refractivity contribution is -0.145. The summed E-state index contributed by atoms with van der Waals surface area (Å²) in [4.78, 5) is 35.9. The summed E-state index contributed by atoms with van der Waals surface area (Å²) >= 11 is 0. The summed E-state index contributed by atoms with van der Waals surface area (Å²) in [6.45, 7) is 5.21. The third-order valence-electron chi connectivity index (χ3n) is 3.65. The van der Waals surface area contributed by atoms with Crippen molar-refractivity contribution in [3.63, 3.8) is 0 Å². The number of esters is 2. The molecule has 1 aliphatic rings. The summed E-state index contributed by atoms with van der Waals surface area (Å²) < 4.78 is 15.5. The Morgan fingerprint density at radius 2 is 1.81 bits per heavy atom. The van der Waals surface area contributed by atoms with Gasteiger partial charge >= 0.3 is 18.0 Å². The first-order valence-corrected chi connectivity index (χ1v) is 8.30. The Bertz CT molecular complexity index is 728. The third-order valence-corrected chi connectivity index (χ3v) is 3.65. The first-order valence-electron chi connectivity index (χ1n) is 8.30. The quantitative estimate of drug-likeness (QED) is 0.717. The number of carbonyl (C=O) groups is 3. The molecule has 0 saturated heterocycles. The molecule has 8 heteroatoms. The molecule has 2 rings (SSSR count). The van der Waals surface area contributed by atoms with Gasteiger partial charge in [0.2, 0.25) is 0 Å². The number of urea groups is 1. The smallest absolute Gasteiger partial charge is 0.344 e. The number of rotatable bonds is 7. The maximum atomic E-state index is 12.4. The van der Waals surface area contributed by atoms with E-state index in [1.165, 1.54) is 0 Å². The highest BCUT2D eigenvalue weighted by atomic mass is 16.6. The number of carbonyl (C=O) groups excluding carboxylic acids is 3. The number of benzene rings is 1. The highest BCUT2D eigenvalue weighted by molar-refractivity contribution is 5.95. The fraction of sp³-hybridized carbons (Fsp3) is 0.389. The molecule has 26 heavy (non-hydrogen) atoms. The van der Waals surface area contributed by atoms with Crippen molar-refractivity contribution in [2.24, 2.45) is 0 Å². The van der Waals surface area contributed by atoms with Gasteiger partial charge in [0, 0.05) is 11.3 Å². The highest BCUT2D eigenvalue weighted by Gasteiger charge is 2.33. The number of hydrogen-bond acceptors (Lipinski definition) is 6. The zero-order valence-corrected chi connectivity index (χ0v) is 15.0. The molecule has 0 saturated carbocycles. The van der Waals surface area contributed by atoms with Crippen LogP contribution in [-0.4, -0.2) is 37.8 Å². The minimum Gasteiger partial charge on any atom is -0.482 e. The Morgan fingerprint density at radius 1 is 1.12 bits per heavy atom. The summed E-state index contributed by atoms with van der Waals surface area (Å²) in [5.41, 5.74) is 1.21. The van der Waals surface area contributed by atoms with E-state index in [-0.39, 0.29) is 25.4 Å². The molecule has 8 nitrogen and oxygen atoms in total. The van der Waals surface area contributed by atoms with Crippen LogP contribution in [0.4, 0.5) is 4.79 Å². The highest BCUT2D eigenvalue weighted by Crippen LogP contribution is 2.33. The molecule has 1 aromatic carbocycles. The van der Waals surface area contributed by atoms with Crippen LogP contribution in [0.15, 0.2) is 35.5 Å². The van der Waals surface area contributed by atoms with E-state index in [0.717, 1.165) is 0 Å². The molecule has 1 unspecified atom stereocenters. The fourth-order valence-corrected chi connectivity index (χ4v) is 2.60. The van der Waals surface area contributed by atoms with Crippen molar-refractivity contribution >= 4 is 18.0 Å². The van der Waals surface area contributed by atoms with Crippen molar-refractivity contribution in [2.75, 3.05) is 19.8 Å². The first kappa shape index (κ1) is 19.3. The van der Waals surface area contributed by atoms with E-state index in [1.54, 1.807) is 45.0 Å². The second-order valence-corrected chi connectivity index (χ2v) is 5.42. The van der Waals surface area contributed by atoms with Crippen molar-refractivity contribution in [3.05, 3.63) is 41.1 Å². The van der Waals surface area contributed by atoms with Gasteiger partial charge in [-0.15, -0.1) is 0 Å². The number of nitrogens with one attached hydrogen (secondary N) is 2. The molecule has 0 radical (unpaired) electrons. The van der Waals surface area contributed by atoms with E-state index in [9.17, 15) is 14.4 Å². The predicted molar refractivity (Wildman–Crippen MR) is 92.3 cm³/mol. The summed E-state index contributed by atoms with van der Waals surface area (Å²) in [7, 11) is 0. The van der Waals surface area contributed by atoms with E-state index in [4.69, 9.17) is 14.2 Å². The Balaban J connectivity index is 2.35. The molecular weight excluding hydrogens is 340 g/mol.